The molecule has 2 aromatic carbocycles. The van der Waals surface area contributed by atoms with E-state index in [1.54, 1.807) is 19.1 Å². The number of nitrogens with zero attached hydrogens (tertiary/aromatic N) is 1. The molecule has 0 radical (unpaired) electrons. The van der Waals surface area contributed by atoms with Gasteiger partial charge in [-0.2, -0.15) is 0 Å². The SMILES string of the molecule is CCOC(=O)c1cc(O)c(C(=O)c2ccc(C)cc2)c([N+](=O)[O-])c1. The first kappa shape index (κ1) is 17.1. The number of hydrogen-bond donors (Lipinski definition) is 1. The van der Waals surface area contributed by atoms with Crippen LogP contribution >= 0.6 is 0 Å². The number of ether oxygens (including phenoxy) is 1. The molecule has 2 aromatic rings. The van der Waals surface area contributed by atoms with Crippen LogP contribution in [0.5, 0.6) is 5.75 Å². The van der Waals surface area contributed by atoms with Crippen molar-refractivity contribution < 1.29 is 24.4 Å². The lowest BCUT2D eigenvalue weighted by Gasteiger charge is -2.08. The summed E-state index contributed by atoms with van der Waals surface area (Å²) in [5, 5.41) is 21.4. The van der Waals surface area contributed by atoms with E-state index < -0.39 is 33.7 Å². The minimum absolute atomic E-state index is 0.0808. The standard InChI is InChI=1S/C17H15NO6/c1-3-24-17(21)12-8-13(18(22)23)15(14(19)9-12)16(20)11-6-4-10(2)5-7-11/h4-9,19H,3H2,1-2H3. The third kappa shape index (κ3) is 3.40. The van der Waals surface area contributed by atoms with Crippen molar-refractivity contribution in [3.05, 3.63) is 68.8 Å². The lowest BCUT2D eigenvalue weighted by Crippen LogP contribution is -2.10. The first-order valence-electron chi connectivity index (χ1n) is 7.15. The average molecular weight is 329 g/mol. The van der Waals surface area contributed by atoms with Crippen molar-refractivity contribution >= 4 is 17.4 Å². The molecule has 0 aromatic heterocycles. The average Bonchev–Trinajstić information content (AvgIpc) is 2.54. The highest BCUT2D eigenvalue weighted by molar-refractivity contribution is 6.14. The highest BCUT2D eigenvalue weighted by Gasteiger charge is 2.28. The largest absolute Gasteiger partial charge is 0.507 e. The molecule has 0 saturated carbocycles. The monoisotopic (exact) mass is 329 g/mol. The molecule has 0 spiro atoms. The number of ketones is 1. The number of aromatic hydroxyl groups is 1. The molecule has 0 aliphatic carbocycles. The Morgan fingerprint density at radius 2 is 1.79 bits per heavy atom. The first-order valence-corrected chi connectivity index (χ1v) is 7.15. The number of carbonyl (C=O) groups excluding carboxylic acids is 2. The van der Waals surface area contributed by atoms with Gasteiger partial charge in [-0.05, 0) is 19.9 Å². The highest BCUT2D eigenvalue weighted by atomic mass is 16.6. The van der Waals surface area contributed by atoms with Gasteiger partial charge in [0.15, 0.2) is 0 Å². The van der Waals surface area contributed by atoms with Crippen LogP contribution in [0.25, 0.3) is 0 Å². The van der Waals surface area contributed by atoms with Crippen molar-refractivity contribution in [1.82, 2.24) is 0 Å². The Morgan fingerprint density at radius 3 is 2.33 bits per heavy atom. The lowest BCUT2D eigenvalue weighted by atomic mass is 9.98. The molecule has 124 valence electrons. The number of nitro groups is 1. The fraction of sp³-hybridized carbons (Fsp3) is 0.176. The van der Waals surface area contributed by atoms with Gasteiger partial charge in [0.25, 0.3) is 5.69 Å². The molecular weight excluding hydrogens is 314 g/mol. The smallest absolute Gasteiger partial charge is 0.338 e. The summed E-state index contributed by atoms with van der Waals surface area (Å²) in [5.41, 5.74) is -0.187. The van der Waals surface area contributed by atoms with Gasteiger partial charge in [0.1, 0.15) is 11.3 Å². The van der Waals surface area contributed by atoms with Gasteiger partial charge in [-0.15, -0.1) is 0 Å². The summed E-state index contributed by atoms with van der Waals surface area (Å²) in [4.78, 5) is 34.7. The van der Waals surface area contributed by atoms with Crippen molar-refractivity contribution in [1.29, 1.82) is 0 Å². The zero-order valence-corrected chi connectivity index (χ0v) is 13.1. The van der Waals surface area contributed by atoms with E-state index in [0.29, 0.717) is 0 Å². The van der Waals surface area contributed by atoms with Crippen LogP contribution in [0.15, 0.2) is 36.4 Å². The van der Waals surface area contributed by atoms with E-state index in [1.807, 2.05) is 6.92 Å². The second-order valence-corrected chi connectivity index (χ2v) is 5.06. The van der Waals surface area contributed by atoms with E-state index in [0.717, 1.165) is 17.7 Å². The summed E-state index contributed by atoms with van der Waals surface area (Å²) in [5.74, 6) is -2.15. The van der Waals surface area contributed by atoms with E-state index in [9.17, 15) is 24.8 Å². The molecule has 24 heavy (non-hydrogen) atoms. The molecule has 1 N–H and O–H groups in total. The summed E-state index contributed by atoms with van der Waals surface area (Å²) in [6.45, 7) is 3.50. The summed E-state index contributed by atoms with van der Waals surface area (Å²) < 4.78 is 4.76. The maximum Gasteiger partial charge on any atom is 0.338 e. The fourth-order valence-corrected chi connectivity index (χ4v) is 2.17. The number of esters is 1. The van der Waals surface area contributed by atoms with Gasteiger partial charge in [0.05, 0.1) is 17.1 Å². The van der Waals surface area contributed by atoms with Crippen LogP contribution in [-0.4, -0.2) is 28.4 Å². The van der Waals surface area contributed by atoms with Gasteiger partial charge in [-0.25, -0.2) is 4.79 Å². The van der Waals surface area contributed by atoms with Crippen LogP contribution in [0.3, 0.4) is 0 Å². The minimum Gasteiger partial charge on any atom is -0.507 e. The number of nitro benzene ring substituents is 1. The molecule has 0 aliphatic heterocycles. The third-order valence-corrected chi connectivity index (χ3v) is 3.35. The summed E-state index contributed by atoms with van der Waals surface area (Å²) in [6.07, 6.45) is 0. The molecule has 7 nitrogen and oxygen atoms in total. The molecule has 0 fully saturated rings. The summed E-state index contributed by atoms with van der Waals surface area (Å²) in [6, 6.07) is 8.32. The topological polar surface area (TPSA) is 107 Å². The van der Waals surface area contributed by atoms with Gasteiger partial charge in [0.2, 0.25) is 5.78 Å². The summed E-state index contributed by atoms with van der Waals surface area (Å²) >= 11 is 0. The van der Waals surface area contributed by atoms with Gasteiger partial charge in [-0.1, -0.05) is 29.8 Å². The van der Waals surface area contributed by atoms with Gasteiger partial charge in [0, 0.05) is 11.6 Å². The normalized spacial score (nSPS) is 10.2. The maximum atomic E-state index is 12.5. The van der Waals surface area contributed by atoms with Crippen LogP contribution in [0, 0.1) is 17.0 Å². The van der Waals surface area contributed by atoms with Crippen molar-refractivity contribution in [3.8, 4) is 5.75 Å². The number of phenolic OH excluding ortho intramolecular Hbond substituents is 1. The van der Waals surface area contributed by atoms with Gasteiger partial charge in [-0.3, -0.25) is 14.9 Å². The second kappa shape index (κ2) is 6.91. The molecule has 0 atom stereocenters. The Labute approximate surface area is 137 Å². The molecule has 0 bridgehead atoms. The van der Waals surface area contributed by atoms with Crippen LogP contribution in [0.4, 0.5) is 5.69 Å². The number of rotatable bonds is 5. The van der Waals surface area contributed by atoms with Crippen LogP contribution < -0.4 is 0 Å². The number of benzene rings is 2. The summed E-state index contributed by atoms with van der Waals surface area (Å²) in [7, 11) is 0. The van der Waals surface area contributed by atoms with E-state index in [2.05, 4.69) is 0 Å². The zero-order valence-electron chi connectivity index (χ0n) is 13.1. The predicted molar refractivity (Wildman–Crippen MR) is 85.3 cm³/mol. The van der Waals surface area contributed by atoms with Crippen LogP contribution in [0.2, 0.25) is 0 Å². The lowest BCUT2D eigenvalue weighted by molar-refractivity contribution is -0.385. The Balaban J connectivity index is 2.57. The Morgan fingerprint density at radius 1 is 1.17 bits per heavy atom. The molecule has 0 saturated heterocycles. The van der Waals surface area contributed by atoms with Gasteiger partial charge >= 0.3 is 5.97 Å². The number of aryl methyl sites for hydroxylation is 1. The second-order valence-electron chi connectivity index (χ2n) is 5.06. The number of carbonyl (C=O) groups is 2. The third-order valence-electron chi connectivity index (χ3n) is 3.35. The molecular formula is C17H15NO6. The van der Waals surface area contributed by atoms with E-state index in [1.165, 1.54) is 12.1 Å². The van der Waals surface area contributed by atoms with Crippen molar-refractivity contribution in [2.75, 3.05) is 6.61 Å². The molecule has 0 heterocycles. The zero-order chi connectivity index (χ0) is 17.9. The minimum atomic E-state index is -0.816. The van der Waals surface area contributed by atoms with E-state index >= 15 is 0 Å². The van der Waals surface area contributed by atoms with Gasteiger partial charge < -0.3 is 9.84 Å². The predicted octanol–water partition coefficient (Wildman–Crippen LogP) is 3.02. The molecule has 2 rings (SSSR count). The van der Waals surface area contributed by atoms with Crippen molar-refractivity contribution in [2.45, 2.75) is 13.8 Å². The van der Waals surface area contributed by atoms with E-state index in [4.69, 9.17) is 4.74 Å². The number of phenols is 1. The Hall–Kier alpha value is -3.22. The van der Waals surface area contributed by atoms with Crippen molar-refractivity contribution in [2.24, 2.45) is 0 Å². The maximum absolute atomic E-state index is 12.5. The van der Waals surface area contributed by atoms with Crippen molar-refractivity contribution in [3.63, 3.8) is 0 Å². The molecule has 0 amide bonds. The van der Waals surface area contributed by atoms with E-state index in [-0.39, 0.29) is 17.7 Å². The van der Waals surface area contributed by atoms with Crippen LogP contribution in [0.1, 0.15) is 38.8 Å². The molecule has 7 heteroatoms. The fourth-order valence-electron chi connectivity index (χ4n) is 2.17. The highest BCUT2D eigenvalue weighted by Crippen LogP contribution is 2.32. The molecule has 0 aliphatic rings. The first-order chi connectivity index (χ1) is 11.3. The quantitative estimate of drug-likeness (QED) is 0.391. The Kier molecular flexibility index (Phi) is 4.93. The molecule has 0 unspecified atom stereocenters. The Bertz CT molecular complexity index is 811. The number of hydrogen-bond acceptors (Lipinski definition) is 6. The van der Waals surface area contributed by atoms with Crippen LogP contribution in [-0.2, 0) is 4.74 Å².